The average molecular weight is 228 g/mol. The van der Waals surface area contributed by atoms with Gasteiger partial charge in [0.25, 0.3) is 0 Å². The van der Waals surface area contributed by atoms with Crippen LogP contribution in [0.3, 0.4) is 0 Å². The molecule has 0 saturated carbocycles. The number of hydrogen-bond donors (Lipinski definition) is 4. The van der Waals surface area contributed by atoms with Crippen LogP contribution in [-0.2, 0) is 0 Å². The summed E-state index contributed by atoms with van der Waals surface area (Å²) in [5.41, 5.74) is 10.2. The summed E-state index contributed by atoms with van der Waals surface area (Å²) in [5, 5.41) is 0. The van der Waals surface area contributed by atoms with Crippen LogP contribution in [0.15, 0.2) is 0 Å². The normalized spacial score (nSPS) is 9.00. The Balaban J connectivity index is -0.0000000457. The van der Waals surface area contributed by atoms with Gasteiger partial charge in [0.1, 0.15) is 0 Å². The second-order valence-corrected chi connectivity index (χ2v) is 2.48. The lowest BCUT2D eigenvalue weighted by Gasteiger charge is -1.91. The van der Waals surface area contributed by atoms with Crippen LogP contribution < -0.4 is 11.5 Å². The van der Waals surface area contributed by atoms with Gasteiger partial charge in [0.15, 0.2) is 0 Å². The van der Waals surface area contributed by atoms with Crippen molar-refractivity contribution in [1.29, 1.82) is 0 Å². The summed E-state index contributed by atoms with van der Waals surface area (Å²) in [6.45, 7) is 10.6. The molecule has 86 valence electrons. The van der Waals surface area contributed by atoms with E-state index in [1.54, 1.807) is 0 Å². The average Bonchev–Trinajstić information content (AvgIpc) is 2.24. The van der Waals surface area contributed by atoms with Gasteiger partial charge in [-0.2, -0.15) is 25.3 Å². The van der Waals surface area contributed by atoms with Crippen molar-refractivity contribution >= 4 is 25.3 Å². The van der Waals surface area contributed by atoms with E-state index in [1.165, 1.54) is 0 Å². The van der Waals surface area contributed by atoms with Crippen molar-refractivity contribution in [1.82, 2.24) is 0 Å². The van der Waals surface area contributed by atoms with Crippen molar-refractivity contribution in [3.63, 3.8) is 0 Å². The molecule has 0 aliphatic heterocycles. The highest BCUT2D eigenvalue weighted by Gasteiger charge is 1.80. The lowest BCUT2D eigenvalue weighted by molar-refractivity contribution is 0.850. The highest BCUT2D eigenvalue weighted by Crippen LogP contribution is 1.75. The van der Waals surface area contributed by atoms with Crippen LogP contribution in [-0.4, -0.2) is 24.1 Å². The standard InChI is InChI=1S/C3H9NS.C2H7NS.2C2H6/c1-3(4)2-5;3-1-2-4;2*1-2/h3,5H,2,4H2,1H3;4H,1-3H2;2*1-2H3. The van der Waals surface area contributed by atoms with Gasteiger partial charge in [-0.05, 0) is 6.92 Å². The van der Waals surface area contributed by atoms with E-state index in [2.05, 4.69) is 25.3 Å². The van der Waals surface area contributed by atoms with Gasteiger partial charge in [0.05, 0.1) is 0 Å². The second kappa shape index (κ2) is 38.9. The van der Waals surface area contributed by atoms with Gasteiger partial charge in [-0.15, -0.1) is 0 Å². The van der Waals surface area contributed by atoms with E-state index >= 15 is 0 Å². The third-order valence-corrected chi connectivity index (χ3v) is 1.25. The first-order valence-corrected chi connectivity index (χ1v) is 6.12. The van der Waals surface area contributed by atoms with Crippen LogP contribution in [0.5, 0.6) is 0 Å². The van der Waals surface area contributed by atoms with Gasteiger partial charge < -0.3 is 11.5 Å². The lowest BCUT2D eigenvalue weighted by Crippen LogP contribution is -2.15. The summed E-state index contributed by atoms with van der Waals surface area (Å²) in [4.78, 5) is 0. The third kappa shape index (κ3) is 109. The molecule has 0 spiro atoms. The largest absolute Gasteiger partial charge is 0.330 e. The Hall–Kier alpha value is 0.620. The summed E-state index contributed by atoms with van der Waals surface area (Å²) in [5.74, 6) is 1.57. The molecule has 0 fully saturated rings. The minimum Gasteiger partial charge on any atom is -0.330 e. The van der Waals surface area contributed by atoms with Crippen molar-refractivity contribution < 1.29 is 0 Å². The lowest BCUT2D eigenvalue weighted by atomic mass is 10.4. The zero-order chi connectivity index (χ0) is 11.7. The van der Waals surface area contributed by atoms with Crippen LogP contribution >= 0.6 is 25.3 Å². The smallest absolute Gasteiger partial charge is 0.00989 e. The van der Waals surface area contributed by atoms with E-state index in [0.29, 0.717) is 6.54 Å². The molecule has 2 nitrogen and oxygen atoms in total. The maximum atomic E-state index is 5.22. The SMILES string of the molecule is CC.CC.CC(N)CS.NCCS. The van der Waals surface area contributed by atoms with Crippen molar-refractivity contribution in [3.05, 3.63) is 0 Å². The molecule has 0 amide bonds. The summed E-state index contributed by atoms with van der Waals surface area (Å²) < 4.78 is 0. The molecule has 0 aromatic heterocycles. The Kier molecular flexibility index (Phi) is 70.1. The fourth-order valence-corrected chi connectivity index (χ4v) is 0. The number of rotatable bonds is 2. The van der Waals surface area contributed by atoms with E-state index in [9.17, 15) is 0 Å². The highest BCUT2D eigenvalue weighted by molar-refractivity contribution is 7.80. The molecule has 4 heteroatoms. The molecule has 0 bridgehead atoms. The summed E-state index contributed by atoms with van der Waals surface area (Å²) in [6.07, 6.45) is 0. The fraction of sp³-hybridized carbons (Fsp3) is 1.00. The van der Waals surface area contributed by atoms with Crippen molar-refractivity contribution in [3.8, 4) is 0 Å². The van der Waals surface area contributed by atoms with Gasteiger partial charge in [0, 0.05) is 24.1 Å². The summed E-state index contributed by atoms with van der Waals surface area (Å²) in [7, 11) is 0. The molecule has 0 aliphatic rings. The maximum Gasteiger partial charge on any atom is 0.00989 e. The van der Waals surface area contributed by atoms with Gasteiger partial charge >= 0.3 is 0 Å². The molecule has 0 heterocycles. The number of hydrogen-bond acceptors (Lipinski definition) is 4. The molecule has 13 heavy (non-hydrogen) atoms. The van der Waals surface area contributed by atoms with E-state index in [4.69, 9.17) is 11.5 Å². The van der Waals surface area contributed by atoms with Crippen molar-refractivity contribution in [2.24, 2.45) is 11.5 Å². The minimum absolute atomic E-state index is 0.248. The second-order valence-electron chi connectivity index (χ2n) is 1.67. The fourth-order valence-electron chi connectivity index (χ4n) is 0. The third-order valence-electron chi connectivity index (χ3n) is 0.417. The molecule has 1 atom stereocenters. The summed E-state index contributed by atoms with van der Waals surface area (Å²) >= 11 is 7.69. The van der Waals surface area contributed by atoms with E-state index in [1.807, 2.05) is 34.6 Å². The molecule has 0 aromatic rings. The van der Waals surface area contributed by atoms with Crippen molar-refractivity contribution in [2.45, 2.75) is 40.7 Å². The first kappa shape index (κ1) is 23.4. The monoisotopic (exact) mass is 228 g/mol. The molecular weight excluding hydrogens is 200 g/mol. The molecule has 0 rings (SSSR count). The quantitative estimate of drug-likeness (QED) is 0.548. The number of nitrogens with two attached hydrogens (primary N) is 2. The summed E-state index contributed by atoms with van der Waals surface area (Å²) in [6, 6.07) is 0.248. The Bertz CT molecular complexity index is 42.6. The first-order chi connectivity index (χ1) is 6.18. The topological polar surface area (TPSA) is 52.0 Å². The Morgan fingerprint density at radius 2 is 1.23 bits per heavy atom. The molecule has 0 aromatic carbocycles. The van der Waals surface area contributed by atoms with Crippen LogP contribution in [0.2, 0.25) is 0 Å². The van der Waals surface area contributed by atoms with E-state index in [0.717, 1.165) is 11.5 Å². The zero-order valence-electron chi connectivity index (χ0n) is 9.75. The van der Waals surface area contributed by atoms with Crippen LogP contribution in [0.4, 0.5) is 0 Å². The number of thiol groups is 2. The molecule has 0 aliphatic carbocycles. The Morgan fingerprint density at radius 1 is 1.08 bits per heavy atom. The predicted molar refractivity (Wildman–Crippen MR) is 73.1 cm³/mol. The van der Waals surface area contributed by atoms with Crippen LogP contribution in [0.25, 0.3) is 0 Å². The van der Waals surface area contributed by atoms with E-state index in [-0.39, 0.29) is 6.04 Å². The first-order valence-electron chi connectivity index (χ1n) is 4.86. The maximum absolute atomic E-state index is 5.22. The Labute approximate surface area is 95.7 Å². The van der Waals surface area contributed by atoms with Gasteiger partial charge in [-0.3, -0.25) is 0 Å². The van der Waals surface area contributed by atoms with Crippen LogP contribution in [0, 0.1) is 0 Å². The van der Waals surface area contributed by atoms with Gasteiger partial charge in [-0.25, -0.2) is 0 Å². The van der Waals surface area contributed by atoms with Crippen molar-refractivity contribution in [2.75, 3.05) is 18.1 Å². The predicted octanol–water partition coefficient (Wildman–Crippen LogP) is 2.19. The van der Waals surface area contributed by atoms with Crippen LogP contribution in [0.1, 0.15) is 34.6 Å². The minimum atomic E-state index is 0.248. The molecule has 4 N–H and O–H groups in total. The molecule has 0 radical (unpaired) electrons. The molecular formula is C9H28N2S2. The Morgan fingerprint density at radius 3 is 1.23 bits per heavy atom. The zero-order valence-corrected chi connectivity index (χ0v) is 11.5. The molecule has 0 saturated heterocycles. The van der Waals surface area contributed by atoms with Gasteiger partial charge in [-0.1, -0.05) is 27.7 Å². The molecule has 1 unspecified atom stereocenters. The van der Waals surface area contributed by atoms with E-state index < -0.39 is 0 Å². The highest BCUT2D eigenvalue weighted by atomic mass is 32.1. The van der Waals surface area contributed by atoms with Gasteiger partial charge in [0.2, 0.25) is 0 Å².